The summed E-state index contributed by atoms with van der Waals surface area (Å²) in [5.41, 5.74) is 16.3. The number of anilines is 3. The summed E-state index contributed by atoms with van der Waals surface area (Å²) in [6, 6.07) is 77.9. The molecule has 1 aliphatic heterocycles. The third-order valence-corrected chi connectivity index (χ3v) is 11.7. The number of hydrogen-bond acceptors (Lipinski definition) is 1. The van der Waals surface area contributed by atoms with E-state index in [1.807, 2.05) is 0 Å². The highest BCUT2D eigenvalue weighted by atomic mass is 15.2. The standard InChI is InChI=1S/C55H37N/c1-2-14-40(15-3-1)54-48-19-7-9-21-50(48)55(51-22-10-8-20-49(51)54)41-29-32-45(33-30-41)56-52-24-11-5-16-43(52)36-44-35-42(31-34-53(44)56)37-25-27-39(28-26-37)47-23-12-17-38-13-4-6-18-46(38)47/h1-35H,36H2. The molecule has 0 bridgehead atoms. The fraction of sp³-hybridized carbons (Fsp3) is 0.0182. The third kappa shape index (κ3) is 5.32. The van der Waals surface area contributed by atoms with Crippen LogP contribution in [0.3, 0.4) is 0 Å². The molecule has 0 fully saturated rings. The van der Waals surface area contributed by atoms with Crippen LogP contribution in [0.25, 0.3) is 76.8 Å². The Hall–Kier alpha value is -7.22. The summed E-state index contributed by atoms with van der Waals surface area (Å²) in [5, 5.41) is 7.63. The number of para-hydroxylation sites is 1. The minimum atomic E-state index is 0.897. The normalized spacial score (nSPS) is 12.2. The Morgan fingerprint density at radius 3 is 1.50 bits per heavy atom. The topological polar surface area (TPSA) is 3.24 Å². The van der Waals surface area contributed by atoms with Gasteiger partial charge in [-0.05, 0) is 118 Å². The average molecular weight is 712 g/mol. The molecule has 1 nitrogen and oxygen atoms in total. The van der Waals surface area contributed by atoms with Crippen molar-refractivity contribution in [1.82, 2.24) is 0 Å². The molecule has 0 aromatic heterocycles. The van der Waals surface area contributed by atoms with Crippen molar-refractivity contribution < 1.29 is 0 Å². The lowest BCUT2D eigenvalue weighted by molar-refractivity contribution is 1.09. The van der Waals surface area contributed by atoms with Gasteiger partial charge in [0.1, 0.15) is 0 Å². The van der Waals surface area contributed by atoms with E-state index in [1.165, 1.54) is 99.3 Å². The molecule has 10 aromatic rings. The van der Waals surface area contributed by atoms with E-state index in [2.05, 4.69) is 217 Å². The van der Waals surface area contributed by atoms with E-state index >= 15 is 0 Å². The number of benzene rings is 10. The van der Waals surface area contributed by atoms with Crippen LogP contribution in [-0.2, 0) is 6.42 Å². The van der Waals surface area contributed by atoms with E-state index in [4.69, 9.17) is 0 Å². The van der Waals surface area contributed by atoms with Crippen LogP contribution in [0.15, 0.2) is 212 Å². The zero-order chi connectivity index (χ0) is 37.0. The molecule has 262 valence electrons. The van der Waals surface area contributed by atoms with Gasteiger partial charge < -0.3 is 4.90 Å². The molecular weight excluding hydrogens is 675 g/mol. The van der Waals surface area contributed by atoms with Crippen LogP contribution in [0.2, 0.25) is 0 Å². The first-order chi connectivity index (χ1) is 27.8. The van der Waals surface area contributed by atoms with Gasteiger partial charge >= 0.3 is 0 Å². The lowest BCUT2D eigenvalue weighted by Crippen LogP contribution is -2.18. The molecular formula is C55H37N. The molecule has 10 aromatic carbocycles. The summed E-state index contributed by atoms with van der Waals surface area (Å²) >= 11 is 0. The maximum Gasteiger partial charge on any atom is 0.0497 e. The molecule has 0 N–H and O–H groups in total. The molecule has 0 saturated heterocycles. The number of rotatable bonds is 5. The van der Waals surface area contributed by atoms with Crippen molar-refractivity contribution in [3.05, 3.63) is 223 Å². The first-order valence-electron chi connectivity index (χ1n) is 19.5. The number of hydrogen-bond donors (Lipinski definition) is 0. The molecule has 0 radical (unpaired) electrons. The van der Waals surface area contributed by atoms with E-state index in [1.54, 1.807) is 0 Å². The van der Waals surface area contributed by atoms with Gasteiger partial charge in [-0.3, -0.25) is 0 Å². The smallest absolute Gasteiger partial charge is 0.0497 e. The molecule has 0 amide bonds. The Bertz CT molecular complexity index is 3020. The zero-order valence-electron chi connectivity index (χ0n) is 30.9. The third-order valence-electron chi connectivity index (χ3n) is 11.7. The van der Waals surface area contributed by atoms with Crippen LogP contribution in [0.1, 0.15) is 11.1 Å². The number of fused-ring (bicyclic) bond motifs is 5. The van der Waals surface area contributed by atoms with Gasteiger partial charge in [-0.1, -0.05) is 182 Å². The van der Waals surface area contributed by atoms with Crippen molar-refractivity contribution in [2.24, 2.45) is 0 Å². The van der Waals surface area contributed by atoms with E-state index < -0.39 is 0 Å². The van der Waals surface area contributed by atoms with Gasteiger partial charge in [0.05, 0.1) is 0 Å². The van der Waals surface area contributed by atoms with Gasteiger partial charge in [0, 0.05) is 23.5 Å². The summed E-state index contributed by atoms with van der Waals surface area (Å²) in [6.45, 7) is 0. The first-order valence-corrected chi connectivity index (χ1v) is 19.5. The molecule has 11 rings (SSSR count). The summed E-state index contributed by atoms with van der Waals surface area (Å²) in [5.74, 6) is 0. The van der Waals surface area contributed by atoms with Crippen LogP contribution < -0.4 is 4.90 Å². The SMILES string of the molecule is c1ccc(-c2c3ccccc3c(-c3ccc(N4c5ccccc5Cc5cc(-c6ccc(-c7cccc8ccccc78)cc6)ccc54)cc3)c3ccccc23)cc1. The quantitative estimate of drug-likeness (QED) is 0.161. The minimum absolute atomic E-state index is 0.897. The van der Waals surface area contributed by atoms with Crippen molar-refractivity contribution in [3.63, 3.8) is 0 Å². The summed E-state index contributed by atoms with van der Waals surface area (Å²) in [6.07, 6.45) is 0.897. The lowest BCUT2D eigenvalue weighted by Gasteiger charge is -2.34. The fourth-order valence-corrected chi connectivity index (χ4v) is 9.07. The second-order valence-corrected chi connectivity index (χ2v) is 14.8. The molecule has 1 heteroatoms. The number of nitrogens with zero attached hydrogens (tertiary/aromatic N) is 1. The molecule has 0 spiro atoms. The lowest BCUT2D eigenvalue weighted by atomic mass is 9.86. The summed E-state index contributed by atoms with van der Waals surface area (Å²) < 4.78 is 0. The summed E-state index contributed by atoms with van der Waals surface area (Å²) in [4.78, 5) is 2.44. The Kier molecular flexibility index (Phi) is 7.64. The molecule has 1 aliphatic rings. The monoisotopic (exact) mass is 711 g/mol. The van der Waals surface area contributed by atoms with Crippen LogP contribution >= 0.6 is 0 Å². The van der Waals surface area contributed by atoms with Crippen LogP contribution in [0, 0.1) is 0 Å². The van der Waals surface area contributed by atoms with E-state index in [-0.39, 0.29) is 0 Å². The molecule has 0 saturated carbocycles. The first kappa shape index (κ1) is 32.2. The second-order valence-electron chi connectivity index (χ2n) is 14.8. The van der Waals surface area contributed by atoms with Gasteiger partial charge in [-0.2, -0.15) is 0 Å². The van der Waals surface area contributed by atoms with Crippen molar-refractivity contribution in [3.8, 4) is 44.5 Å². The van der Waals surface area contributed by atoms with Crippen molar-refractivity contribution >= 4 is 49.4 Å². The highest BCUT2D eigenvalue weighted by Gasteiger charge is 2.25. The van der Waals surface area contributed by atoms with E-state index in [9.17, 15) is 0 Å². The van der Waals surface area contributed by atoms with Gasteiger partial charge in [-0.15, -0.1) is 0 Å². The molecule has 0 unspecified atom stereocenters. The Morgan fingerprint density at radius 1 is 0.304 bits per heavy atom. The van der Waals surface area contributed by atoms with Crippen molar-refractivity contribution in [2.45, 2.75) is 6.42 Å². The second kappa shape index (κ2) is 13.3. The van der Waals surface area contributed by atoms with Gasteiger partial charge in [0.25, 0.3) is 0 Å². The molecule has 0 aliphatic carbocycles. The predicted octanol–water partition coefficient (Wildman–Crippen LogP) is 15.2. The Labute approximate surface area is 327 Å². The van der Waals surface area contributed by atoms with Gasteiger partial charge in [0.15, 0.2) is 0 Å². The van der Waals surface area contributed by atoms with Crippen LogP contribution in [0.4, 0.5) is 17.1 Å². The van der Waals surface area contributed by atoms with Gasteiger partial charge in [0.2, 0.25) is 0 Å². The summed E-state index contributed by atoms with van der Waals surface area (Å²) in [7, 11) is 0. The Morgan fingerprint density at radius 2 is 0.804 bits per heavy atom. The highest BCUT2D eigenvalue weighted by Crippen LogP contribution is 2.47. The van der Waals surface area contributed by atoms with Crippen LogP contribution in [-0.4, -0.2) is 0 Å². The molecule has 1 heterocycles. The average Bonchev–Trinajstić information content (AvgIpc) is 3.27. The fourth-order valence-electron chi connectivity index (χ4n) is 9.07. The maximum absolute atomic E-state index is 2.44. The Balaban J connectivity index is 0.983. The van der Waals surface area contributed by atoms with E-state index in [0.717, 1.165) is 12.1 Å². The minimum Gasteiger partial charge on any atom is -0.310 e. The largest absolute Gasteiger partial charge is 0.310 e. The van der Waals surface area contributed by atoms with Gasteiger partial charge in [-0.25, -0.2) is 0 Å². The van der Waals surface area contributed by atoms with Crippen LogP contribution in [0.5, 0.6) is 0 Å². The van der Waals surface area contributed by atoms with Crippen molar-refractivity contribution in [2.75, 3.05) is 4.90 Å². The molecule has 0 atom stereocenters. The zero-order valence-corrected chi connectivity index (χ0v) is 30.9. The highest BCUT2D eigenvalue weighted by molar-refractivity contribution is 6.21. The maximum atomic E-state index is 2.44. The van der Waals surface area contributed by atoms with Crippen molar-refractivity contribution in [1.29, 1.82) is 0 Å². The van der Waals surface area contributed by atoms with E-state index in [0.29, 0.717) is 0 Å². The predicted molar refractivity (Wildman–Crippen MR) is 238 cm³/mol. The molecule has 56 heavy (non-hydrogen) atoms.